The largest absolute Gasteiger partial charge is 0.364 e. The lowest BCUT2D eigenvalue weighted by molar-refractivity contribution is -0.119. The van der Waals surface area contributed by atoms with Crippen molar-refractivity contribution in [1.82, 2.24) is 19.8 Å². The van der Waals surface area contributed by atoms with Gasteiger partial charge in [-0.25, -0.2) is 9.89 Å². The molecular weight excluding hydrogens is 220 g/mol. The fourth-order valence-electron chi connectivity index (χ4n) is 1.66. The average molecular weight is 234 g/mol. The molecule has 2 aromatic heterocycles. The second-order valence-corrected chi connectivity index (χ2v) is 4.44. The lowest BCUT2D eigenvalue weighted by Gasteiger charge is -2.03. The summed E-state index contributed by atoms with van der Waals surface area (Å²) in [6, 6.07) is 3.39. The van der Waals surface area contributed by atoms with Crippen molar-refractivity contribution in [1.29, 1.82) is 0 Å². The molecule has 0 aliphatic carbocycles. The van der Waals surface area contributed by atoms with Crippen molar-refractivity contribution >= 4 is 11.4 Å². The predicted octanol–water partition coefficient (Wildman–Crippen LogP) is 0.575. The number of rotatable bonds is 4. The van der Waals surface area contributed by atoms with E-state index in [1.54, 1.807) is 12.1 Å². The third-order valence-electron chi connectivity index (χ3n) is 2.34. The lowest BCUT2D eigenvalue weighted by Crippen LogP contribution is -2.15. The van der Waals surface area contributed by atoms with Crippen LogP contribution in [0.5, 0.6) is 0 Å². The van der Waals surface area contributed by atoms with Gasteiger partial charge in [-0.15, -0.1) is 0 Å². The van der Waals surface area contributed by atoms with Gasteiger partial charge in [-0.05, 0) is 18.1 Å². The third kappa shape index (κ3) is 2.58. The van der Waals surface area contributed by atoms with Crippen molar-refractivity contribution in [3.8, 4) is 0 Å². The fourth-order valence-corrected chi connectivity index (χ4v) is 1.66. The van der Waals surface area contributed by atoms with E-state index in [0.29, 0.717) is 23.7 Å². The second-order valence-electron chi connectivity index (χ2n) is 4.44. The highest BCUT2D eigenvalue weighted by molar-refractivity contribution is 5.80. The van der Waals surface area contributed by atoms with Crippen LogP contribution in [0.2, 0.25) is 0 Å². The van der Waals surface area contributed by atoms with Crippen LogP contribution in [-0.4, -0.2) is 25.6 Å². The molecule has 6 heteroatoms. The summed E-state index contributed by atoms with van der Waals surface area (Å²) in [7, 11) is 0. The molecule has 0 aromatic carbocycles. The van der Waals surface area contributed by atoms with Crippen LogP contribution in [0.15, 0.2) is 16.9 Å². The minimum Gasteiger partial charge on any atom is -0.299 e. The highest BCUT2D eigenvalue weighted by Gasteiger charge is 2.09. The van der Waals surface area contributed by atoms with E-state index in [1.165, 1.54) is 0 Å². The summed E-state index contributed by atoms with van der Waals surface area (Å²) in [6.45, 7) is 3.99. The van der Waals surface area contributed by atoms with Crippen LogP contribution >= 0.6 is 0 Å². The van der Waals surface area contributed by atoms with E-state index in [0.717, 1.165) is 4.52 Å². The van der Waals surface area contributed by atoms with E-state index in [1.807, 2.05) is 13.8 Å². The summed E-state index contributed by atoms with van der Waals surface area (Å²) >= 11 is 0. The Morgan fingerprint density at radius 1 is 1.47 bits per heavy atom. The molecule has 17 heavy (non-hydrogen) atoms. The fraction of sp³-hybridized carbons (Fsp3) is 0.455. The minimum absolute atomic E-state index is 0.128. The second kappa shape index (κ2) is 4.48. The molecule has 0 saturated carbocycles. The van der Waals surface area contributed by atoms with Gasteiger partial charge < -0.3 is 0 Å². The SMILES string of the molecule is CC(C)CC(=O)Cc1ccc2n[nH]c(=O)n2n1. The molecule has 0 atom stereocenters. The molecule has 0 amide bonds. The Kier molecular flexibility index (Phi) is 3.03. The number of aromatic nitrogens is 4. The molecule has 90 valence electrons. The number of carbonyl (C=O) groups is 1. The zero-order valence-corrected chi connectivity index (χ0v) is 9.80. The van der Waals surface area contributed by atoms with Gasteiger partial charge in [0.05, 0.1) is 12.1 Å². The lowest BCUT2D eigenvalue weighted by atomic mass is 10.0. The number of fused-ring (bicyclic) bond motifs is 1. The molecular formula is C11H14N4O2. The van der Waals surface area contributed by atoms with Gasteiger partial charge in [-0.2, -0.15) is 14.7 Å². The Bertz CT molecular complexity index is 597. The van der Waals surface area contributed by atoms with Crippen LogP contribution in [0, 0.1) is 5.92 Å². The van der Waals surface area contributed by atoms with Crippen molar-refractivity contribution in [3.05, 3.63) is 28.3 Å². The summed E-state index contributed by atoms with van der Waals surface area (Å²) in [5.41, 5.74) is 0.653. The Hall–Kier alpha value is -1.98. The number of ketones is 1. The molecule has 0 saturated heterocycles. The average Bonchev–Trinajstić information content (AvgIpc) is 2.59. The van der Waals surface area contributed by atoms with Gasteiger partial charge in [0.2, 0.25) is 0 Å². The summed E-state index contributed by atoms with van der Waals surface area (Å²) in [5, 5.41) is 10.1. The number of hydrogen-bond acceptors (Lipinski definition) is 4. The molecule has 0 bridgehead atoms. The van der Waals surface area contributed by atoms with Crippen molar-refractivity contribution in [3.63, 3.8) is 0 Å². The van der Waals surface area contributed by atoms with Crippen molar-refractivity contribution < 1.29 is 4.79 Å². The smallest absolute Gasteiger partial charge is 0.299 e. The number of aromatic amines is 1. The Balaban J connectivity index is 2.22. The molecule has 0 fully saturated rings. The topological polar surface area (TPSA) is 80.1 Å². The molecule has 0 unspecified atom stereocenters. The van der Waals surface area contributed by atoms with E-state index in [-0.39, 0.29) is 12.2 Å². The van der Waals surface area contributed by atoms with Crippen molar-refractivity contribution in [2.24, 2.45) is 5.92 Å². The normalized spacial score (nSPS) is 11.2. The van der Waals surface area contributed by atoms with Gasteiger partial charge in [-0.1, -0.05) is 13.8 Å². The van der Waals surface area contributed by atoms with Crippen molar-refractivity contribution in [2.75, 3.05) is 0 Å². The first kappa shape index (κ1) is 11.5. The molecule has 0 aliphatic rings. The van der Waals surface area contributed by atoms with Gasteiger partial charge >= 0.3 is 5.69 Å². The quantitative estimate of drug-likeness (QED) is 0.838. The summed E-state index contributed by atoms with van der Waals surface area (Å²) in [4.78, 5) is 22.9. The number of carbonyl (C=O) groups excluding carboxylic acids is 1. The maximum atomic E-state index is 11.6. The number of nitrogens with zero attached hydrogens (tertiary/aromatic N) is 3. The standard InChI is InChI=1S/C11H14N4O2/c1-7(2)5-9(16)6-8-3-4-10-12-13-11(17)15(10)14-8/h3-4,7H,5-6H2,1-2H3,(H,13,17). The molecule has 6 nitrogen and oxygen atoms in total. The predicted molar refractivity (Wildman–Crippen MR) is 61.8 cm³/mol. The molecule has 1 N–H and O–H groups in total. The van der Waals surface area contributed by atoms with E-state index in [4.69, 9.17) is 0 Å². The van der Waals surface area contributed by atoms with Gasteiger partial charge in [0.25, 0.3) is 0 Å². The minimum atomic E-state index is -0.391. The summed E-state index contributed by atoms with van der Waals surface area (Å²) < 4.78 is 1.16. The number of hydrogen-bond donors (Lipinski definition) is 1. The van der Waals surface area contributed by atoms with Gasteiger partial charge in [-0.3, -0.25) is 4.79 Å². The van der Waals surface area contributed by atoms with Gasteiger partial charge in [0, 0.05) is 6.42 Å². The highest BCUT2D eigenvalue weighted by atomic mass is 16.2. The highest BCUT2D eigenvalue weighted by Crippen LogP contribution is 2.05. The molecule has 2 aromatic rings. The molecule has 0 radical (unpaired) electrons. The summed E-state index contributed by atoms with van der Waals surface area (Å²) in [6.07, 6.45) is 0.783. The van der Waals surface area contributed by atoms with E-state index < -0.39 is 5.69 Å². The van der Waals surface area contributed by atoms with Gasteiger partial charge in [0.15, 0.2) is 5.65 Å². The van der Waals surface area contributed by atoms with Crippen LogP contribution in [-0.2, 0) is 11.2 Å². The number of Topliss-reactive ketones (excluding diaryl/α,β-unsaturated/α-hetero) is 1. The number of nitrogens with one attached hydrogen (secondary N) is 1. The van der Waals surface area contributed by atoms with Crippen LogP contribution < -0.4 is 5.69 Å². The maximum absolute atomic E-state index is 11.6. The zero-order valence-electron chi connectivity index (χ0n) is 9.80. The Morgan fingerprint density at radius 2 is 2.24 bits per heavy atom. The molecule has 0 spiro atoms. The monoisotopic (exact) mass is 234 g/mol. The first-order valence-electron chi connectivity index (χ1n) is 5.51. The van der Waals surface area contributed by atoms with Gasteiger partial charge in [0.1, 0.15) is 5.78 Å². The maximum Gasteiger partial charge on any atom is 0.364 e. The Morgan fingerprint density at radius 3 is 2.94 bits per heavy atom. The summed E-state index contributed by atoms with van der Waals surface area (Å²) in [5.74, 6) is 0.464. The van der Waals surface area contributed by atoms with E-state index >= 15 is 0 Å². The van der Waals surface area contributed by atoms with Crippen LogP contribution in [0.4, 0.5) is 0 Å². The molecule has 0 aliphatic heterocycles. The Labute approximate surface area is 97.7 Å². The van der Waals surface area contributed by atoms with Crippen LogP contribution in [0.3, 0.4) is 0 Å². The van der Waals surface area contributed by atoms with E-state index in [2.05, 4.69) is 15.3 Å². The zero-order chi connectivity index (χ0) is 12.4. The first-order chi connectivity index (χ1) is 8.06. The van der Waals surface area contributed by atoms with E-state index in [9.17, 15) is 9.59 Å². The van der Waals surface area contributed by atoms with Crippen LogP contribution in [0.25, 0.3) is 5.65 Å². The third-order valence-corrected chi connectivity index (χ3v) is 2.34. The number of H-pyrrole nitrogens is 1. The van der Waals surface area contributed by atoms with Crippen LogP contribution in [0.1, 0.15) is 26.0 Å². The molecule has 2 rings (SSSR count). The first-order valence-corrected chi connectivity index (χ1v) is 5.51. The molecule has 2 heterocycles. The van der Waals surface area contributed by atoms with Crippen molar-refractivity contribution in [2.45, 2.75) is 26.7 Å².